The van der Waals surface area contributed by atoms with Crippen molar-refractivity contribution < 1.29 is 23.8 Å². The molecule has 0 aromatic carbocycles. The third kappa shape index (κ3) is 2.93. The summed E-state index contributed by atoms with van der Waals surface area (Å²) in [6.45, 7) is 9.77. The summed E-state index contributed by atoms with van der Waals surface area (Å²) in [5, 5.41) is 0. The van der Waals surface area contributed by atoms with Gasteiger partial charge in [-0.1, -0.05) is 20.3 Å². The first-order chi connectivity index (χ1) is 13.2. The summed E-state index contributed by atoms with van der Waals surface area (Å²) in [4.78, 5) is 25.6. The fourth-order valence-electron chi connectivity index (χ4n) is 4.02. The predicted molar refractivity (Wildman–Crippen MR) is 104 cm³/mol. The number of fused-ring (bicyclic) bond motifs is 4. The third-order valence-electron chi connectivity index (χ3n) is 5.71. The molecule has 1 fully saturated rings. The number of rotatable bonds is 2. The first-order valence-corrected chi connectivity index (χ1v) is 9.95. The maximum atomic E-state index is 13.2. The topological polar surface area (TPSA) is 61.8 Å². The minimum atomic E-state index is -0.497. The van der Waals surface area contributed by atoms with E-state index in [1.165, 1.54) is 6.08 Å². The van der Waals surface area contributed by atoms with Crippen LogP contribution in [0.5, 0.6) is 0 Å². The van der Waals surface area contributed by atoms with Gasteiger partial charge < -0.3 is 14.2 Å². The Morgan fingerprint density at radius 2 is 1.93 bits per heavy atom. The maximum Gasteiger partial charge on any atom is 0.336 e. The number of hydrogen-bond donors (Lipinski definition) is 0. The molecule has 4 rings (SSSR count). The zero-order valence-electron chi connectivity index (χ0n) is 17.0. The van der Waals surface area contributed by atoms with Crippen molar-refractivity contribution in [3.05, 3.63) is 57.8 Å². The Morgan fingerprint density at radius 1 is 1.18 bits per heavy atom. The molecule has 0 aromatic rings. The summed E-state index contributed by atoms with van der Waals surface area (Å²) in [5.41, 5.74) is 2.44. The summed E-state index contributed by atoms with van der Waals surface area (Å²) >= 11 is 0. The van der Waals surface area contributed by atoms with Gasteiger partial charge in [-0.15, -0.1) is 0 Å². The Hall–Kier alpha value is -2.56. The van der Waals surface area contributed by atoms with E-state index >= 15 is 0 Å². The number of carbonyl (C=O) groups excluding carboxylic acids is 2. The Labute approximate surface area is 165 Å². The zero-order chi connectivity index (χ0) is 20.2. The van der Waals surface area contributed by atoms with Gasteiger partial charge in [0.15, 0.2) is 5.78 Å². The van der Waals surface area contributed by atoms with E-state index < -0.39 is 11.6 Å². The molecule has 0 aromatic heterocycles. The molecule has 0 amide bonds. The van der Waals surface area contributed by atoms with E-state index in [1.807, 2.05) is 39.8 Å². The Kier molecular flexibility index (Phi) is 4.36. The summed E-state index contributed by atoms with van der Waals surface area (Å²) in [6.07, 6.45) is 7.17. The van der Waals surface area contributed by atoms with E-state index in [0.29, 0.717) is 29.3 Å². The van der Waals surface area contributed by atoms with Crippen LogP contribution in [-0.2, 0) is 23.8 Å². The molecular weight excluding hydrogens is 356 g/mol. The number of carbonyl (C=O) groups is 2. The lowest BCUT2D eigenvalue weighted by Crippen LogP contribution is -2.35. The van der Waals surface area contributed by atoms with Crippen LogP contribution in [-0.4, -0.2) is 23.5 Å². The smallest absolute Gasteiger partial charge is 0.336 e. The third-order valence-corrected chi connectivity index (χ3v) is 5.71. The van der Waals surface area contributed by atoms with E-state index in [4.69, 9.17) is 14.2 Å². The molecule has 28 heavy (non-hydrogen) atoms. The lowest BCUT2D eigenvalue weighted by molar-refractivity contribution is -0.134. The highest BCUT2D eigenvalue weighted by atomic mass is 16.5. The van der Waals surface area contributed by atoms with Crippen LogP contribution >= 0.6 is 0 Å². The minimum absolute atomic E-state index is 0.0539. The van der Waals surface area contributed by atoms with Crippen LogP contribution in [0.1, 0.15) is 53.9 Å². The van der Waals surface area contributed by atoms with Crippen molar-refractivity contribution in [2.45, 2.75) is 65.6 Å². The van der Waals surface area contributed by atoms with Crippen molar-refractivity contribution in [1.29, 1.82) is 0 Å². The van der Waals surface area contributed by atoms with Gasteiger partial charge in [0.2, 0.25) is 0 Å². The van der Waals surface area contributed by atoms with E-state index in [9.17, 15) is 9.59 Å². The Bertz CT molecular complexity index is 923. The van der Waals surface area contributed by atoms with E-state index in [-0.39, 0.29) is 17.8 Å². The molecular formula is C23H26O5. The minimum Gasteiger partial charge on any atom is -0.488 e. The SMILES string of the molecule is CCCC1=CC(=O)OC2=C3C(=O)C(C)C(C)OC3=C3C=CC(C)(C)OC3=C1C2. The van der Waals surface area contributed by atoms with Gasteiger partial charge in [-0.25, -0.2) is 4.79 Å². The van der Waals surface area contributed by atoms with Crippen molar-refractivity contribution in [3.63, 3.8) is 0 Å². The number of hydrogen-bond acceptors (Lipinski definition) is 5. The first-order valence-electron chi connectivity index (χ1n) is 9.95. The zero-order valence-corrected chi connectivity index (χ0v) is 17.0. The highest BCUT2D eigenvalue weighted by molar-refractivity contribution is 6.03. The maximum absolute atomic E-state index is 13.2. The van der Waals surface area contributed by atoms with Gasteiger partial charge in [0, 0.05) is 18.1 Å². The second kappa shape index (κ2) is 6.50. The Balaban J connectivity index is 2.04. The first kappa shape index (κ1) is 18.8. The average molecular weight is 382 g/mol. The van der Waals surface area contributed by atoms with Gasteiger partial charge in [0.05, 0.1) is 17.1 Å². The molecule has 3 aliphatic heterocycles. The molecule has 0 N–H and O–H groups in total. The molecule has 0 spiro atoms. The van der Waals surface area contributed by atoms with Crippen LogP contribution in [0.15, 0.2) is 57.8 Å². The predicted octanol–water partition coefficient (Wildman–Crippen LogP) is 4.42. The summed E-state index contributed by atoms with van der Waals surface area (Å²) in [7, 11) is 0. The second-order valence-corrected chi connectivity index (χ2v) is 8.38. The van der Waals surface area contributed by atoms with Crippen LogP contribution in [0.4, 0.5) is 0 Å². The summed E-state index contributed by atoms with van der Waals surface area (Å²) in [6, 6.07) is 0. The quantitative estimate of drug-likeness (QED) is 0.662. The normalized spacial score (nSPS) is 28.5. The van der Waals surface area contributed by atoms with Gasteiger partial charge in [-0.05, 0) is 44.9 Å². The van der Waals surface area contributed by atoms with Gasteiger partial charge >= 0.3 is 5.97 Å². The van der Waals surface area contributed by atoms with Gasteiger partial charge in [0.1, 0.15) is 29.0 Å². The molecule has 5 heteroatoms. The van der Waals surface area contributed by atoms with Crippen molar-refractivity contribution in [3.8, 4) is 0 Å². The van der Waals surface area contributed by atoms with Crippen molar-refractivity contribution in [2.75, 3.05) is 0 Å². The number of ketones is 1. The van der Waals surface area contributed by atoms with Crippen LogP contribution in [0.3, 0.4) is 0 Å². The summed E-state index contributed by atoms with van der Waals surface area (Å²) < 4.78 is 18.2. The van der Waals surface area contributed by atoms with E-state index in [2.05, 4.69) is 6.92 Å². The fourth-order valence-corrected chi connectivity index (χ4v) is 4.02. The van der Waals surface area contributed by atoms with Crippen LogP contribution in [0, 0.1) is 5.92 Å². The Morgan fingerprint density at radius 3 is 2.64 bits per heavy atom. The molecule has 3 heterocycles. The second-order valence-electron chi connectivity index (χ2n) is 8.38. The van der Waals surface area contributed by atoms with Crippen LogP contribution in [0.25, 0.3) is 0 Å². The van der Waals surface area contributed by atoms with Crippen LogP contribution < -0.4 is 0 Å². The standard InChI is InChI=1S/C23H26O5/c1-6-7-14-10-18(24)27-17-11-16(14)21-15(8-9-23(4,5)28-21)22-19(17)20(25)12(2)13(3)26-22/h8-10,12-13H,6-7,11H2,1-5H3. The highest BCUT2D eigenvalue weighted by Crippen LogP contribution is 2.46. The van der Waals surface area contributed by atoms with Crippen molar-refractivity contribution in [1.82, 2.24) is 0 Å². The largest absolute Gasteiger partial charge is 0.488 e. The van der Waals surface area contributed by atoms with Gasteiger partial charge in [0.25, 0.3) is 0 Å². The molecule has 4 aliphatic rings. The lowest BCUT2D eigenvalue weighted by Gasteiger charge is -2.34. The number of ether oxygens (including phenoxy) is 3. The molecule has 2 atom stereocenters. The molecule has 1 aliphatic carbocycles. The van der Waals surface area contributed by atoms with Crippen LogP contribution in [0.2, 0.25) is 0 Å². The fraction of sp³-hybridized carbons (Fsp3) is 0.478. The summed E-state index contributed by atoms with van der Waals surface area (Å²) in [5.74, 6) is 0.698. The van der Waals surface area contributed by atoms with Gasteiger partial charge in [-0.3, -0.25) is 4.79 Å². The molecule has 148 valence electrons. The molecule has 0 saturated carbocycles. The van der Waals surface area contributed by atoms with Crippen molar-refractivity contribution >= 4 is 11.8 Å². The average Bonchev–Trinajstić information content (AvgIpc) is 2.84. The number of Topliss-reactive ketones (excluding diaryl/α,β-unsaturated/α-hetero) is 1. The molecule has 5 nitrogen and oxygen atoms in total. The number of esters is 1. The van der Waals surface area contributed by atoms with Gasteiger partial charge in [-0.2, -0.15) is 0 Å². The highest BCUT2D eigenvalue weighted by Gasteiger charge is 2.43. The lowest BCUT2D eigenvalue weighted by atomic mass is 9.88. The molecule has 0 radical (unpaired) electrons. The molecule has 2 unspecified atom stereocenters. The number of allylic oxidation sites excluding steroid dienone is 4. The van der Waals surface area contributed by atoms with E-state index in [0.717, 1.165) is 29.6 Å². The van der Waals surface area contributed by atoms with E-state index in [1.54, 1.807) is 0 Å². The molecule has 2 bridgehead atoms. The monoisotopic (exact) mass is 382 g/mol. The van der Waals surface area contributed by atoms with Crippen molar-refractivity contribution in [2.24, 2.45) is 5.92 Å². The molecule has 1 saturated heterocycles.